The van der Waals surface area contributed by atoms with E-state index >= 15 is 0 Å². The van der Waals surface area contributed by atoms with Gasteiger partial charge in [0.25, 0.3) is 0 Å². The van der Waals surface area contributed by atoms with Crippen LogP contribution in [0.5, 0.6) is 0 Å². The number of aryl methyl sites for hydroxylation is 1. The van der Waals surface area contributed by atoms with Crippen molar-refractivity contribution >= 4 is 23.4 Å². The summed E-state index contributed by atoms with van der Waals surface area (Å²) in [5.74, 6) is -1.40. The van der Waals surface area contributed by atoms with Gasteiger partial charge in [-0.3, -0.25) is 4.79 Å². The first-order chi connectivity index (χ1) is 10.1. The highest BCUT2D eigenvalue weighted by Crippen LogP contribution is 2.21. The lowest BCUT2D eigenvalue weighted by Gasteiger charge is -2.07. The van der Waals surface area contributed by atoms with Crippen molar-refractivity contribution in [1.82, 2.24) is 0 Å². The first-order valence-electron chi connectivity index (χ1n) is 6.49. The number of hydrogen-bond acceptors (Lipinski definition) is 2. The topological polar surface area (TPSA) is 29.1 Å². The third-order valence-corrected chi connectivity index (χ3v) is 3.86. The van der Waals surface area contributed by atoms with E-state index in [1.165, 1.54) is 23.4 Å². The summed E-state index contributed by atoms with van der Waals surface area (Å²) in [6.45, 7) is 2.00. The molecule has 0 aliphatic rings. The molecule has 2 rings (SSSR count). The van der Waals surface area contributed by atoms with Gasteiger partial charge in [-0.25, -0.2) is 8.78 Å². The molecule has 0 bridgehead atoms. The number of anilines is 1. The summed E-state index contributed by atoms with van der Waals surface area (Å²) in [4.78, 5) is 12.8. The molecule has 0 aliphatic heterocycles. The molecule has 0 radical (unpaired) electrons. The number of thioether (sulfide) groups is 1. The van der Waals surface area contributed by atoms with Gasteiger partial charge >= 0.3 is 0 Å². The lowest BCUT2D eigenvalue weighted by molar-refractivity contribution is -0.115. The van der Waals surface area contributed by atoms with Crippen LogP contribution < -0.4 is 5.32 Å². The van der Waals surface area contributed by atoms with Crippen molar-refractivity contribution in [3.8, 4) is 0 Å². The highest BCUT2D eigenvalue weighted by Gasteiger charge is 2.11. The zero-order valence-electron chi connectivity index (χ0n) is 11.5. The molecule has 0 saturated heterocycles. The number of para-hydroxylation sites is 1. The standard InChI is InChI=1S/C16H15F2NOS/c1-11-5-7-12(8-6-11)21-10-9-15(20)19-16-13(17)3-2-4-14(16)18/h2-8H,9-10H2,1H3,(H,19,20). The van der Waals surface area contributed by atoms with Crippen molar-refractivity contribution in [2.45, 2.75) is 18.2 Å². The Morgan fingerprint density at radius 3 is 2.33 bits per heavy atom. The highest BCUT2D eigenvalue weighted by molar-refractivity contribution is 7.99. The lowest BCUT2D eigenvalue weighted by Crippen LogP contribution is -2.14. The summed E-state index contributed by atoms with van der Waals surface area (Å²) in [5.41, 5.74) is 0.787. The SMILES string of the molecule is Cc1ccc(SCCC(=O)Nc2c(F)cccc2F)cc1. The largest absolute Gasteiger partial charge is 0.321 e. The summed E-state index contributed by atoms with van der Waals surface area (Å²) in [6, 6.07) is 11.4. The lowest BCUT2D eigenvalue weighted by atomic mass is 10.2. The van der Waals surface area contributed by atoms with E-state index in [1.807, 2.05) is 31.2 Å². The Labute approximate surface area is 126 Å². The minimum atomic E-state index is -0.769. The predicted molar refractivity (Wildman–Crippen MR) is 81.5 cm³/mol. The fourth-order valence-corrected chi connectivity index (χ4v) is 2.57. The van der Waals surface area contributed by atoms with Gasteiger partial charge in [-0.2, -0.15) is 0 Å². The van der Waals surface area contributed by atoms with Crippen LogP contribution in [0.1, 0.15) is 12.0 Å². The number of carbonyl (C=O) groups is 1. The van der Waals surface area contributed by atoms with Gasteiger partial charge in [0, 0.05) is 17.1 Å². The Hall–Kier alpha value is -1.88. The van der Waals surface area contributed by atoms with Gasteiger partial charge < -0.3 is 5.32 Å². The van der Waals surface area contributed by atoms with Crippen LogP contribution >= 0.6 is 11.8 Å². The molecule has 1 N–H and O–H groups in total. The van der Waals surface area contributed by atoms with Crippen LogP contribution in [-0.2, 0) is 4.79 Å². The van der Waals surface area contributed by atoms with Gasteiger partial charge in [-0.1, -0.05) is 23.8 Å². The van der Waals surface area contributed by atoms with E-state index in [4.69, 9.17) is 0 Å². The molecule has 0 heterocycles. The maximum atomic E-state index is 13.4. The fraction of sp³-hybridized carbons (Fsp3) is 0.188. The van der Waals surface area contributed by atoms with Gasteiger partial charge in [-0.05, 0) is 31.2 Å². The normalized spacial score (nSPS) is 10.4. The quantitative estimate of drug-likeness (QED) is 0.830. The van der Waals surface area contributed by atoms with Crippen molar-refractivity contribution in [2.75, 3.05) is 11.1 Å². The molecule has 0 aromatic heterocycles. The van der Waals surface area contributed by atoms with Crippen LogP contribution in [0, 0.1) is 18.6 Å². The number of halogens is 2. The minimum Gasteiger partial charge on any atom is -0.321 e. The van der Waals surface area contributed by atoms with Crippen molar-refractivity contribution in [2.24, 2.45) is 0 Å². The van der Waals surface area contributed by atoms with Gasteiger partial charge in [0.05, 0.1) is 0 Å². The molecule has 2 aromatic rings. The van der Waals surface area contributed by atoms with Crippen molar-refractivity contribution in [3.05, 3.63) is 59.7 Å². The molecule has 21 heavy (non-hydrogen) atoms. The van der Waals surface area contributed by atoms with Gasteiger partial charge in [0.1, 0.15) is 17.3 Å². The highest BCUT2D eigenvalue weighted by atomic mass is 32.2. The summed E-state index contributed by atoms with van der Waals surface area (Å²) >= 11 is 1.53. The van der Waals surface area contributed by atoms with Crippen molar-refractivity contribution in [3.63, 3.8) is 0 Å². The number of nitrogens with one attached hydrogen (secondary N) is 1. The third kappa shape index (κ3) is 4.56. The molecule has 0 saturated carbocycles. The molecule has 110 valence electrons. The molecular weight excluding hydrogens is 292 g/mol. The molecule has 0 spiro atoms. The second-order valence-electron chi connectivity index (χ2n) is 4.56. The first-order valence-corrected chi connectivity index (χ1v) is 7.48. The molecule has 0 unspecified atom stereocenters. The van der Waals surface area contributed by atoms with Crippen LogP contribution in [0.4, 0.5) is 14.5 Å². The van der Waals surface area contributed by atoms with Crippen LogP contribution in [-0.4, -0.2) is 11.7 Å². The number of amides is 1. The molecule has 0 fully saturated rings. The van der Waals surface area contributed by atoms with E-state index in [1.54, 1.807) is 0 Å². The summed E-state index contributed by atoms with van der Waals surface area (Å²) in [5, 5.41) is 2.27. The van der Waals surface area contributed by atoms with E-state index in [0.717, 1.165) is 17.0 Å². The van der Waals surface area contributed by atoms with E-state index in [-0.39, 0.29) is 12.1 Å². The molecular formula is C16H15F2NOS. The van der Waals surface area contributed by atoms with Crippen LogP contribution in [0.15, 0.2) is 47.4 Å². The third-order valence-electron chi connectivity index (χ3n) is 2.85. The summed E-state index contributed by atoms with van der Waals surface area (Å²) < 4.78 is 26.8. The smallest absolute Gasteiger partial charge is 0.225 e. The Morgan fingerprint density at radius 2 is 1.71 bits per heavy atom. The number of benzene rings is 2. The predicted octanol–water partition coefficient (Wildman–Crippen LogP) is 4.39. The Morgan fingerprint density at radius 1 is 1.10 bits per heavy atom. The fourth-order valence-electron chi connectivity index (χ4n) is 1.72. The first kappa shape index (κ1) is 15.5. The second kappa shape index (κ2) is 7.22. The zero-order valence-corrected chi connectivity index (χ0v) is 12.3. The van der Waals surface area contributed by atoms with Crippen molar-refractivity contribution < 1.29 is 13.6 Å². The summed E-state index contributed by atoms with van der Waals surface area (Å²) in [6.07, 6.45) is 0.187. The average molecular weight is 307 g/mol. The van der Waals surface area contributed by atoms with E-state index in [2.05, 4.69) is 5.32 Å². The van der Waals surface area contributed by atoms with Gasteiger partial charge in [0.15, 0.2) is 0 Å². The maximum Gasteiger partial charge on any atom is 0.225 e. The molecule has 0 aliphatic carbocycles. The Bertz CT molecular complexity index is 608. The minimum absolute atomic E-state index is 0.187. The van der Waals surface area contributed by atoms with E-state index in [0.29, 0.717) is 5.75 Å². The zero-order chi connectivity index (χ0) is 15.2. The Balaban J connectivity index is 1.84. The van der Waals surface area contributed by atoms with Gasteiger partial charge in [0.2, 0.25) is 5.91 Å². The molecule has 2 nitrogen and oxygen atoms in total. The number of hydrogen-bond donors (Lipinski definition) is 1. The monoisotopic (exact) mass is 307 g/mol. The average Bonchev–Trinajstić information content (AvgIpc) is 2.45. The molecule has 0 atom stereocenters. The van der Waals surface area contributed by atoms with Crippen LogP contribution in [0.2, 0.25) is 0 Å². The van der Waals surface area contributed by atoms with E-state index in [9.17, 15) is 13.6 Å². The summed E-state index contributed by atoms with van der Waals surface area (Å²) in [7, 11) is 0. The molecule has 2 aromatic carbocycles. The van der Waals surface area contributed by atoms with Gasteiger partial charge in [-0.15, -0.1) is 11.8 Å². The second-order valence-corrected chi connectivity index (χ2v) is 5.72. The van der Waals surface area contributed by atoms with E-state index < -0.39 is 17.5 Å². The molecule has 5 heteroatoms. The van der Waals surface area contributed by atoms with Crippen molar-refractivity contribution in [1.29, 1.82) is 0 Å². The number of rotatable bonds is 5. The van der Waals surface area contributed by atoms with Crippen LogP contribution in [0.25, 0.3) is 0 Å². The molecule has 1 amide bonds. The number of carbonyl (C=O) groups excluding carboxylic acids is 1. The Kier molecular flexibility index (Phi) is 5.33. The van der Waals surface area contributed by atoms with Crippen LogP contribution in [0.3, 0.4) is 0 Å². The maximum absolute atomic E-state index is 13.4.